The molecule has 0 fully saturated rings. The highest BCUT2D eigenvalue weighted by Gasteiger charge is 2.31. The van der Waals surface area contributed by atoms with Crippen LogP contribution in [0.1, 0.15) is 99.6 Å². The van der Waals surface area contributed by atoms with Crippen LogP contribution in [0.5, 0.6) is 0 Å². The third-order valence-corrected chi connectivity index (χ3v) is 9.82. The van der Waals surface area contributed by atoms with Gasteiger partial charge in [0.1, 0.15) is 10.0 Å². The molecule has 0 saturated carbocycles. The lowest BCUT2D eigenvalue weighted by Crippen LogP contribution is -2.30. The van der Waals surface area contributed by atoms with Crippen molar-refractivity contribution >= 4 is 68.2 Å². The Morgan fingerprint density at radius 1 is 0.630 bits per heavy atom. The van der Waals surface area contributed by atoms with Gasteiger partial charge in [0.25, 0.3) is 23.6 Å². The summed E-state index contributed by atoms with van der Waals surface area (Å²) in [5.41, 5.74) is 0.750. The van der Waals surface area contributed by atoms with Crippen molar-refractivity contribution in [1.29, 1.82) is 0 Å². The Bertz CT molecular complexity index is 1550. The molecule has 0 aliphatic carbocycles. The zero-order chi connectivity index (χ0) is 34.3. The van der Waals surface area contributed by atoms with Crippen molar-refractivity contribution in [3.63, 3.8) is 0 Å². The van der Waals surface area contributed by atoms with Gasteiger partial charge in [-0.05, 0) is 64.8 Å². The number of carbonyl (C=O) groups excluding carboxylic acids is 6. The standard InChI is InChI=1S/C32H38N4O8S2/c1-9-35(10-2)29(39)23-17(5)21(31(41)43-7)27(45-23)33-25(37)19-15-13-14-16-20(19)26(38)34-28-22(32(42)44-8)18(6)24(46-28)30(40)36(11-3)12-4/h13-16H,9-12H2,1-8H3,(H,33,37)(H,34,38). The van der Waals surface area contributed by atoms with Gasteiger partial charge in [-0.25, -0.2) is 9.59 Å². The maximum atomic E-state index is 13.6. The van der Waals surface area contributed by atoms with E-state index >= 15 is 0 Å². The zero-order valence-electron chi connectivity index (χ0n) is 27.1. The molecule has 3 aromatic rings. The van der Waals surface area contributed by atoms with Crippen LogP contribution in [0.2, 0.25) is 0 Å². The van der Waals surface area contributed by atoms with Crippen LogP contribution in [0, 0.1) is 13.8 Å². The highest BCUT2D eigenvalue weighted by molar-refractivity contribution is 7.19. The molecule has 0 aliphatic heterocycles. The van der Waals surface area contributed by atoms with Crippen LogP contribution >= 0.6 is 22.7 Å². The SMILES string of the molecule is CCN(CC)C(=O)c1sc(NC(=O)c2ccccc2C(=O)Nc2sc(C(=O)N(CC)CC)c(C)c2C(=O)OC)c(C(=O)OC)c1C. The fourth-order valence-electron chi connectivity index (χ4n) is 4.84. The maximum Gasteiger partial charge on any atom is 0.341 e. The number of esters is 2. The predicted octanol–water partition coefficient (Wildman–Crippen LogP) is 5.47. The number of methoxy groups -OCH3 is 2. The van der Waals surface area contributed by atoms with E-state index in [9.17, 15) is 28.8 Å². The van der Waals surface area contributed by atoms with E-state index in [1.54, 1.807) is 35.8 Å². The number of hydrogen-bond donors (Lipinski definition) is 2. The normalized spacial score (nSPS) is 10.6. The number of thiophene rings is 2. The molecular weight excluding hydrogens is 633 g/mol. The summed E-state index contributed by atoms with van der Waals surface area (Å²) >= 11 is 1.89. The highest BCUT2D eigenvalue weighted by atomic mass is 32.1. The molecule has 4 amide bonds. The Morgan fingerprint density at radius 3 is 1.24 bits per heavy atom. The Kier molecular flexibility index (Phi) is 12.2. The second-order valence-corrected chi connectivity index (χ2v) is 12.0. The molecule has 0 bridgehead atoms. The van der Waals surface area contributed by atoms with E-state index < -0.39 is 23.8 Å². The van der Waals surface area contributed by atoms with Crippen molar-refractivity contribution < 1.29 is 38.2 Å². The molecule has 246 valence electrons. The van der Waals surface area contributed by atoms with E-state index in [1.807, 2.05) is 27.7 Å². The lowest BCUT2D eigenvalue weighted by atomic mass is 10.1. The Balaban J connectivity index is 2.02. The summed E-state index contributed by atoms with van der Waals surface area (Å²) < 4.78 is 9.88. The third-order valence-electron chi connectivity index (χ3n) is 7.43. The van der Waals surface area contributed by atoms with Gasteiger partial charge >= 0.3 is 11.9 Å². The number of benzene rings is 1. The molecule has 0 spiro atoms. The van der Waals surface area contributed by atoms with Gasteiger partial charge in [0.05, 0.1) is 46.2 Å². The van der Waals surface area contributed by atoms with Crippen molar-refractivity contribution in [2.24, 2.45) is 0 Å². The molecular formula is C32H38N4O8S2. The number of hydrogen-bond acceptors (Lipinski definition) is 10. The van der Waals surface area contributed by atoms with E-state index in [4.69, 9.17) is 9.47 Å². The monoisotopic (exact) mass is 670 g/mol. The average Bonchev–Trinajstić information content (AvgIpc) is 3.56. The minimum Gasteiger partial charge on any atom is -0.465 e. The van der Waals surface area contributed by atoms with Crippen molar-refractivity contribution in [1.82, 2.24) is 9.80 Å². The minimum absolute atomic E-state index is 0.0363. The Morgan fingerprint density at radius 2 is 0.957 bits per heavy atom. The quantitative estimate of drug-likeness (QED) is 0.241. The average molecular weight is 671 g/mol. The molecule has 2 aromatic heterocycles. The van der Waals surface area contributed by atoms with Gasteiger partial charge in [-0.2, -0.15) is 0 Å². The zero-order valence-corrected chi connectivity index (χ0v) is 28.7. The summed E-state index contributed by atoms with van der Waals surface area (Å²) in [6.45, 7) is 12.4. The molecule has 46 heavy (non-hydrogen) atoms. The molecule has 0 aliphatic rings. The Hall–Kier alpha value is -4.56. The van der Waals surface area contributed by atoms with Crippen LogP contribution < -0.4 is 10.6 Å². The number of amides is 4. The molecule has 0 unspecified atom stereocenters. The number of rotatable bonds is 12. The van der Waals surface area contributed by atoms with Crippen molar-refractivity contribution in [2.45, 2.75) is 41.5 Å². The van der Waals surface area contributed by atoms with E-state index in [0.717, 1.165) is 22.7 Å². The number of nitrogens with zero attached hydrogens (tertiary/aromatic N) is 2. The molecule has 0 saturated heterocycles. The fraction of sp³-hybridized carbons (Fsp3) is 0.375. The summed E-state index contributed by atoms with van der Waals surface area (Å²) in [6, 6.07) is 6.00. The lowest BCUT2D eigenvalue weighted by Gasteiger charge is -2.18. The molecule has 14 heteroatoms. The molecule has 0 radical (unpaired) electrons. The summed E-state index contributed by atoms with van der Waals surface area (Å²) in [7, 11) is 2.40. The third kappa shape index (κ3) is 7.12. The van der Waals surface area contributed by atoms with E-state index in [-0.39, 0.29) is 53.8 Å². The fourth-order valence-corrected chi connectivity index (χ4v) is 7.15. The van der Waals surface area contributed by atoms with Gasteiger partial charge in [0.15, 0.2) is 0 Å². The number of nitrogens with one attached hydrogen (secondary N) is 2. The van der Waals surface area contributed by atoms with E-state index in [2.05, 4.69) is 10.6 Å². The number of ether oxygens (including phenoxy) is 2. The second-order valence-electron chi connectivity index (χ2n) is 9.91. The largest absolute Gasteiger partial charge is 0.465 e. The first-order valence-corrected chi connectivity index (χ1v) is 16.3. The summed E-state index contributed by atoms with van der Waals surface area (Å²) in [5.74, 6) is -3.47. The van der Waals surface area contributed by atoms with Gasteiger partial charge in [-0.1, -0.05) is 12.1 Å². The second kappa shape index (κ2) is 15.6. The molecule has 12 nitrogen and oxygen atoms in total. The molecule has 0 atom stereocenters. The lowest BCUT2D eigenvalue weighted by molar-refractivity contribution is 0.0592. The van der Waals surface area contributed by atoms with Crippen LogP contribution in [0.4, 0.5) is 10.0 Å². The van der Waals surface area contributed by atoms with Crippen LogP contribution in [-0.4, -0.2) is 85.8 Å². The van der Waals surface area contributed by atoms with E-state index in [0.29, 0.717) is 37.3 Å². The molecule has 3 rings (SSSR count). The minimum atomic E-state index is -0.729. The molecule has 1 aromatic carbocycles. The maximum absolute atomic E-state index is 13.6. The topological polar surface area (TPSA) is 151 Å². The first kappa shape index (κ1) is 35.9. The van der Waals surface area contributed by atoms with Crippen molar-refractivity contribution in [3.05, 3.63) is 67.4 Å². The van der Waals surface area contributed by atoms with Crippen LogP contribution in [0.15, 0.2) is 24.3 Å². The summed E-state index contributed by atoms with van der Waals surface area (Å²) in [6.07, 6.45) is 0. The number of carbonyl (C=O) groups is 6. The van der Waals surface area contributed by atoms with Crippen molar-refractivity contribution in [2.75, 3.05) is 51.0 Å². The molecule has 2 heterocycles. The summed E-state index contributed by atoms with van der Waals surface area (Å²) in [4.78, 5) is 82.9. The highest BCUT2D eigenvalue weighted by Crippen LogP contribution is 2.36. The number of anilines is 2. The molecule has 2 N–H and O–H groups in total. The first-order valence-electron chi connectivity index (χ1n) is 14.6. The van der Waals surface area contributed by atoms with Crippen LogP contribution in [0.3, 0.4) is 0 Å². The van der Waals surface area contributed by atoms with Gasteiger partial charge in [0.2, 0.25) is 0 Å². The summed E-state index contributed by atoms with van der Waals surface area (Å²) in [5, 5.41) is 5.58. The smallest absolute Gasteiger partial charge is 0.341 e. The van der Waals surface area contributed by atoms with Gasteiger partial charge < -0.3 is 29.9 Å². The van der Waals surface area contributed by atoms with Crippen molar-refractivity contribution in [3.8, 4) is 0 Å². The van der Waals surface area contributed by atoms with Crippen LogP contribution in [-0.2, 0) is 9.47 Å². The van der Waals surface area contributed by atoms with Gasteiger partial charge in [-0.15, -0.1) is 22.7 Å². The first-order chi connectivity index (χ1) is 21.9. The predicted molar refractivity (Wildman–Crippen MR) is 178 cm³/mol. The van der Waals surface area contributed by atoms with Gasteiger partial charge in [0, 0.05) is 26.2 Å². The van der Waals surface area contributed by atoms with E-state index in [1.165, 1.54) is 26.4 Å². The van der Waals surface area contributed by atoms with Gasteiger partial charge in [-0.3, -0.25) is 19.2 Å². The Labute approximate surface area is 275 Å². The van der Waals surface area contributed by atoms with Crippen LogP contribution in [0.25, 0.3) is 0 Å².